The second kappa shape index (κ2) is 20.5. The van der Waals surface area contributed by atoms with Crippen LogP contribution in [0.15, 0.2) is 48.8 Å². The lowest BCUT2D eigenvalue weighted by atomic mass is 9.84. The summed E-state index contributed by atoms with van der Waals surface area (Å²) in [6.07, 6.45) is 0.464. The minimum Gasteiger partial charge on any atom is -0.399 e. The van der Waals surface area contributed by atoms with Crippen molar-refractivity contribution in [2.45, 2.75) is 139 Å². The van der Waals surface area contributed by atoms with Crippen molar-refractivity contribution in [1.29, 1.82) is 0 Å². The molecule has 2 aromatic carbocycles. The normalized spacial score (nSPS) is 24.3. The van der Waals surface area contributed by atoms with E-state index in [4.69, 9.17) is 22.4 Å². The summed E-state index contributed by atoms with van der Waals surface area (Å²) in [6, 6.07) is 8.82. The van der Waals surface area contributed by atoms with Crippen LogP contribution in [-0.2, 0) is 12.4 Å². The number of aromatic nitrogens is 4. The number of nitrogens with two attached hydrogens (primary N) is 1. The third-order valence-corrected chi connectivity index (χ3v) is 14.5. The van der Waals surface area contributed by atoms with E-state index in [1.165, 1.54) is 53.5 Å². The van der Waals surface area contributed by atoms with Gasteiger partial charge in [-0.15, -0.1) is 0 Å². The minimum atomic E-state index is -4.58. The van der Waals surface area contributed by atoms with Crippen molar-refractivity contribution in [3.05, 3.63) is 76.8 Å². The van der Waals surface area contributed by atoms with Crippen molar-refractivity contribution >= 4 is 51.9 Å². The zero-order valence-electron chi connectivity index (χ0n) is 39.9. The van der Waals surface area contributed by atoms with Gasteiger partial charge in [-0.25, -0.2) is 18.7 Å². The Kier molecular flexibility index (Phi) is 15.1. The van der Waals surface area contributed by atoms with Crippen LogP contribution >= 0.6 is 11.6 Å². The first-order chi connectivity index (χ1) is 33.3. The van der Waals surface area contributed by atoms with E-state index in [9.17, 15) is 40.2 Å². The summed E-state index contributed by atoms with van der Waals surface area (Å²) < 4.78 is 108. The Morgan fingerprint density at radius 3 is 1.63 bits per heavy atom. The molecule has 0 radical (unpaired) electrons. The average molecular weight is 1030 g/mol. The summed E-state index contributed by atoms with van der Waals surface area (Å²) in [4.78, 5) is 23.8. The number of nitrogens with zero attached hydrogens (tertiary/aromatic N) is 8. The third kappa shape index (κ3) is 12.3. The minimum absolute atomic E-state index is 0.00621. The highest BCUT2D eigenvalue weighted by atomic mass is 35.5. The van der Waals surface area contributed by atoms with Gasteiger partial charge in [0.25, 0.3) is 0 Å². The molecule has 4 aromatic rings. The van der Waals surface area contributed by atoms with Crippen LogP contribution in [0.1, 0.15) is 90.2 Å². The summed E-state index contributed by atoms with van der Waals surface area (Å²) in [6.45, 7) is 12.0. The highest BCUT2D eigenvalue weighted by Crippen LogP contribution is 2.43. The molecule has 4 atom stereocenters. The molecule has 0 amide bonds. The number of anilines is 7. The SMILES string of the molecule is CC1(C)C[C@H](Nc2nc(Cl)ncc2F)C[C@@H]2CCCN21.CC1(C)C[C@H](Nc2nc(Nc3ccc(N4CC(O)C4)c(C(F)(F)F)c3)ncc2F)C[C@@H]2CCCN21.Nc1ccc(N2CC(O)C2)c(C(F)(F)F)c1. The number of hydrogen-bond donors (Lipinski definition) is 6. The monoisotopic (exact) mass is 1020 g/mol. The Hall–Kier alpha value is -5.03. The number of nitrogens with one attached hydrogen (secondary N) is 3. The van der Waals surface area contributed by atoms with Crippen LogP contribution in [0.2, 0.25) is 5.28 Å². The highest BCUT2D eigenvalue weighted by Gasteiger charge is 2.45. The van der Waals surface area contributed by atoms with Crippen molar-refractivity contribution in [1.82, 2.24) is 29.7 Å². The Morgan fingerprint density at radius 1 is 0.676 bits per heavy atom. The highest BCUT2D eigenvalue weighted by molar-refractivity contribution is 6.28. The second-order valence-electron chi connectivity index (χ2n) is 20.6. The molecule has 388 valence electrons. The smallest absolute Gasteiger partial charge is 0.399 e. The maximum absolute atomic E-state index is 14.6. The molecule has 6 aliphatic rings. The van der Waals surface area contributed by atoms with Gasteiger partial charge in [-0.1, -0.05) is 0 Å². The van der Waals surface area contributed by atoms with Crippen molar-refractivity contribution < 1.29 is 45.3 Å². The van der Waals surface area contributed by atoms with Crippen molar-refractivity contribution in [2.24, 2.45) is 0 Å². The molecule has 2 aromatic heterocycles. The molecule has 0 spiro atoms. The van der Waals surface area contributed by atoms with Gasteiger partial charge in [0.05, 0.1) is 35.7 Å². The molecule has 71 heavy (non-hydrogen) atoms. The van der Waals surface area contributed by atoms with E-state index in [1.807, 2.05) is 0 Å². The number of aliphatic hydroxyl groups excluding tert-OH is 2. The van der Waals surface area contributed by atoms with Gasteiger partial charge >= 0.3 is 12.4 Å². The predicted octanol–water partition coefficient (Wildman–Crippen LogP) is 8.93. The summed E-state index contributed by atoms with van der Waals surface area (Å²) >= 11 is 5.74. The number of fused-ring (bicyclic) bond motifs is 2. The van der Waals surface area contributed by atoms with Crippen molar-refractivity contribution in [3.8, 4) is 0 Å². The van der Waals surface area contributed by atoms with Crippen LogP contribution in [0.3, 0.4) is 0 Å². The van der Waals surface area contributed by atoms with Crippen LogP contribution in [0.5, 0.6) is 0 Å². The van der Waals surface area contributed by atoms with Gasteiger partial charge in [0.1, 0.15) is 0 Å². The fourth-order valence-electron chi connectivity index (χ4n) is 11.2. The molecule has 10 rings (SSSR count). The predicted molar refractivity (Wildman–Crippen MR) is 257 cm³/mol. The molecular weight excluding hydrogens is 964 g/mol. The molecule has 0 bridgehead atoms. The molecule has 0 saturated carbocycles. The first kappa shape index (κ1) is 52.3. The summed E-state index contributed by atoms with van der Waals surface area (Å²) in [7, 11) is 0. The maximum Gasteiger partial charge on any atom is 0.418 e. The Bertz CT molecular complexity index is 2510. The molecule has 7 N–H and O–H groups in total. The zero-order chi connectivity index (χ0) is 51.2. The van der Waals surface area contributed by atoms with Gasteiger partial charge < -0.3 is 41.7 Å². The van der Waals surface area contributed by atoms with Gasteiger partial charge in [0, 0.05) is 84.2 Å². The zero-order valence-corrected chi connectivity index (χ0v) is 40.7. The first-order valence-electron chi connectivity index (χ1n) is 23.9. The van der Waals surface area contributed by atoms with Gasteiger partial charge in [-0.3, -0.25) is 9.80 Å². The average Bonchev–Trinajstić information content (AvgIpc) is 3.95. The maximum atomic E-state index is 14.6. The number of halogens is 9. The summed E-state index contributed by atoms with van der Waals surface area (Å²) in [5.74, 6) is -0.785. The Balaban J connectivity index is 0.000000158. The van der Waals surface area contributed by atoms with Gasteiger partial charge in [0.2, 0.25) is 11.2 Å². The first-order valence-corrected chi connectivity index (χ1v) is 24.3. The van der Waals surface area contributed by atoms with Crippen LogP contribution < -0.4 is 31.5 Å². The molecule has 8 heterocycles. The van der Waals surface area contributed by atoms with E-state index < -0.39 is 47.3 Å². The second-order valence-corrected chi connectivity index (χ2v) is 21.0. The van der Waals surface area contributed by atoms with E-state index in [2.05, 4.69) is 73.4 Å². The molecular formula is C48H61ClF8N12O2. The topological polar surface area (TPSA) is 167 Å². The molecule has 6 aliphatic heterocycles. The lowest BCUT2D eigenvalue weighted by Gasteiger charge is -2.47. The molecule has 0 aliphatic carbocycles. The standard InChI is InChI=1S/C24H30F4N6O.C14H20ClFN4.C10H11F3N2O/c1-23(2)10-15(8-16-4-3-7-34(16)23)30-21-19(25)11-29-22(32-21)31-14-5-6-20(33-12-17(35)13-33)18(9-14)24(26,27)28;1-14(2)7-9(6-10-4-3-5-20(10)14)18-12-11(16)8-17-13(15)19-12;11-10(12,13)8-3-6(14)1-2-9(8)15-4-7(16)5-15/h5-6,9,11,15-17,35H,3-4,7-8,10,12-13H2,1-2H3,(H2,29,30,31,32);8-10H,3-7H2,1-2H3,(H,17,18,19);1-3,7,16H,4-5,14H2/t15-,16+;9-,10+;/m11./s1. The quantitative estimate of drug-likeness (QED) is 0.0563. The summed E-state index contributed by atoms with van der Waals surface area (Å²) in [5, 5.41) is 27.8. The number of hydrogen-bond acceptors (Lipinski definition) is 14. The number of alkyl halides is 6. The van der Waals surface area contributed by atoms with Crippen LogP contribution in [-0.4, -0.2) is 127 Å². The molecule has 0 unspecified atom stereocenters. The Labute approximate surface area is 412 Å². The van der Waals surface area contributed by atoms with Crippen molar-refractivity contribution in [3.63, 3.8) is 0 Å². The van der Waals surface area contributed by atoms with Crippen LogP contribution in [0.25, 0.3) is 0 Å². The van der Waals surface area contributed by atoms with Crippen LogP contribution in [0, 0.1) is 11.6 Å². The molecule has 23 heteroatoms. The van der Waals surface area contributed by atoms with E-state index in [1.54, 1.807) is 0 Å². The Morgan fingerprint density at radius 2 is 1.14 bits per heavy atom. The number of nitrogen functional groups attached to an aromatic ring is 1. The van der Waals surface area contributed by atoms with Gasteiger partial charge in [-0.2, -0.15) is 36.3 Å². The van der Waals surface area contributed by atoms with E-state index in [0.29, 0.717) is 12.1 Å². The van der Waals surface area contributed by atoms with E-state index in [-0.39, 0.29) is 95.0 Å². The lowest BCUT2D eigenvalue weighted by Crippen LogP contribution is -2.55. The number of β-amino-alcohol motifs (C(OH)–C–C–N with tert-alkyl or cyclic N) is 2. The van der Waals surface area contributed by atoms with E-state index in [0.717, 1.165) is 69.6 Å². The summed E-state index contributed by atoms with van der Waals surface area (Å²) in [5.41, 5.74) is 4.21. The van der Waals surface area contributed by atoms with E-state index >= 15 is 0 Å². The number of benzene rings is 2. The number of piperidine rings is 2. The number of aliphatic hydroxyl groups is 2. The molecule has 6 saturated heterocycles. The van der Waals surface area contributed by atoms with Crippen LogP contribution in [0.4, 0.5) is 75.5 Å². The fraction of sp³-hybridized carbons (Fsp3) is 0.583. The van der Waals surface area contributed by atoms with Crippen molar-refractivity contribution in [2.75, 3.05) is 70.8 Å². The van der Waals surface area contributed by atoms with Gasteiger partial charge in [0.15, 0.2) is 23.3 Å². The van der Waals surface area contributed by atoms with Gasteiger partial charge in [-0.05, 0) is 140 Å². The largest absolute Gasteiger partial charge is 0.418 e. The fourth-order valence-corrected chi connectivity index (χ4v) is 11.3. The molecule has 6 fully saturated rings. The molecule has 14 nitrogen and oxygen atoms in total. The lowest BCUT2D eigenvalue weighted by molar-refractivity contribution is -0.138. The third-order valence-electron chi connectivity index (χ3n) is 14.3. The number of rotatable bonds is 8.